The molecule has 0 atom stereocenters. The smallest absolute Gasteiger partial charge is 0.259 e. The summed E-state index contributed by atoms with van der Waals surface area (Å²) in [6.07, 6.45) is 0. The molecule has 2 rings (SSSR count). The second-order valence-corrected chi connectivity index (χ2v) is 7.47. The zero-order valence-corrected chi connectivity index (χ0v) is 17.0. The zero-order chi connectivity index (χ0) is 20.7. The van der Waals surface area contributed by atoms with Crippen LogP contribution in [0.15, 0.2) is 53.6 Å². The quantitative estimate of drug-likeness (QED) is 0.595. The van der Waals surface area contributed by atoms with Crippen LogP contribution >= 0.6 is 0 Å². The molecule has 0 radical (unpaired) electrons. The number of carbonyl (C=O) groups excluding carboxylic acids is 2. The van der Waals surface area contributed by atoms with Crippen molar-refractivity contribution in [2.45, 2.75) is 33.1 Å². The van der Waals surface area contributed by atoms with Gasteiger partial charge < -0.3 is 10.1 Å². The first-order chi connectivity index (χ1) is 13.2. The summed E-state index contributed by atoms with van der Waals surface area (Å²) in [5.74, 6) is 0.0535. The average Bonchev–Trinajstić information content (AvgIpc) is 2.69. The van der Waals surface area contributed by atoms with E-state index in [9.17, 15) is 9.59 Å². The van der Waals surface area contributed by atoms with Gasteiger partial charge in [0.2, 0.25) is 0 Å². The molecule has 6 nitrogen and oxygen atoms in total. The van der Waals surface area contributed by atoms with E-state index in [4.69, 9.17) is 4.74 Å². The van der Waals surface area contributed by atoms with Crippen molar-refractivity contribution in [2.75, 3.05) is 13.7 Å². The number of carbonyl (C=O) groups is 2. The molecule has 6 heteroatoms. The van der Waals surface area contributed by atoms with Crippen molar-refractivity contribution >= 4 is 17.5 Å². The van der Waals surface area contributed by atoms with Crippen LogP contribution in [0.2, 0.25) is 0 Å². The zero-order valence-electron chi connectivity index (χ0n) is 17.0. The van der Waals surface area contributed by atoms with Gasteiger partial charge in [-0.2, -0.15) is 5.10 Å². The predicted octanol–water partition coefficient (Wildman–Crippen LogP) is 3.26. The van der Waals surface area contributed by atoms with Crippen molar-refractivity contribution in [2.24, 2.45) is 5.10 Å². The SMILES string of the molecule is COc1ccc(/C(C)=N/NC(=O)CNC(=O)c2ccc(C(C)(C)C)cc2)cc1. The molecule has 0 aliphatic heterocycles. The first kappa shape index (κ1) is 21.2. The molecule has 0 aliphatic rings. The fraction of sp³-hybridized carbons (Fsp3) is 0.318. The number of ether oxygens (including phenoxy) is 1. The van der Waals surface area contributed by atoms with Crippen molar-refractivity contribution in [3.05, 3.63) is 65.2 Å². The molecule has 0 heterocycles. The molecule has 0 aromatic heterocycles. The van der Waals surface area contributed by atoms with Crippen LogP contribution in [0.3, 0.4) is 0 Å². The fourth-order valence-corrected chi connectivity index (χ4v) is 2.47. The number of methoxy groups -OCH3 is 1. The number of nitrogens with one attached hydrogen (secondary N) is 2. The Morgan fingerprint density at radius 2 is 1.54 bits per heavy atom. The number of benzene rings is 2. The molecule has 0 fully saturated rings. The van der Waals surface area contributed by atoms with Crippen LogP contribution < -0.4 is 15.5 Å². The molecule has 2 aromatic carbocycles. The lowest BCUT2D eigenvalue weighted by Crippen LogP contribution is -2.35. The van der Waals surface area contributed by atoms with Crippen LogP contribution in [-0.2, 0) is 10.2 Å². The van der Waals surface area contributed by atoms with E-state index in [2.05, 4.69) is 36.6 Å². The molecule has 28 heavy (non-hydrogen) atoms. The topological polar surface area (TPSA) is 79.8 Å². The van der Waals surface area contributed by atoms with E-state index < -0.39 is 5.91 Å². The maximum absolute atomic E-state index is 12.2. The number of amides is 2. The number of hydrogen-bond donors (Lipinski definition) is 2. The lowest BCUT2D eigenvalue weighted by molar-refractivity contribution is -0.120. The van der Waals surface area contributed by atoms with Gasteiger partial charge >= 0.3 is 0 Å². The lowest BCUT2D eigenvalue weighted by Gasteiger charge is -2.19. The summed E-state index contributed by atoms with van der Waals surface area (Å²) in [5.41, 5.74) is 5.64. The number of hydrogen-bond acceptors (Lipinski definition) is 4. The summed E-state index contributed by atoms with van der Waals surface area (Å²) in [7, 11) is 1.60. The van der Waals surface area contributed by atoms with Gasteiger partial charge in [0.1, 0.15) is 5.75 Å². The highest BCUT2D eigenvalue weighted by molar-refractivity contribution is 6.00. The van der Waals surface area contributed by atoms with E-state index in [0.717, 1.165) is 16.9 Å². The Morgan fingerprint density at radius 1 is 0.964 bits per heavy atom. The van der Waals surface area contributed by atoms with Crippen LogP contribution in [0.5, 0.6) is 5.75 Å². The third kappa shape index (κ3) is 5.94. The first-order valence-electron chi connectivity index (χ1n) is 9.07. The van der Waals surface area contributed by atoms with Crippen molar-refractivity contribution in [3.8, 4) is 5.75 Å². The van der Waals surface area contributed by atoms with Gasteiger partial charge in [-0.15, -0.1) is 0 Å². The third-order valence-corrected chi connectivity index (χ3v) is 4.28. The Hall–Kier alpha value is -3.15. The third-order valence-electron chi connectivity index (χ3n) is 4.28. The molecular formula is C22H27N3O3. The van der Waals surface area contributed by atoms with Gasteiger partial charge in [0.25, 0.3) is 11.8 Å². The molecule has 2 aromatic rings. The highest BCUT2D eigenvalue weighted by Crippen LogP contribution is 2.22. The first-order valence-corrected chi connectivity index (χ1v) is 9.07. The summed E-state index contributed by atoms with van der Waals surface area (Å²) in [6.45, 7) is 7.97. The molecule has 2 N–H and O–H groups in total. The normalized spacial score (nSPS) is 11.7. The minimum absolute atomic E-state index is 0.0225. The van der Waals surface area contributed by atoms with Crippen LogP contribution in [0.4, 0.5) is 0 Å². The van der Waals surface area contributed by atoms with Gasteiger partial charge in [0.15, 0.2) is 0 Å². The summed E-state index contributed by atoms with van der Waals surface area (Å²) in [5, 5.41) is 6.66. The second kappa shape index (κ2) is 9.17. The van der Waals surface area contributed by atoms with Crippen LogP contribution in [0.25, 0.3) is 0 Å². The van der Waals surface area contributed by atoms with E-state index in [1.165, 1.54) is 0 Å². The molecule has 2 amide bonds. The van der Waals surface area contributed by atoms with Crippen molar-refractivity contribution in [1.82, 2.24) is 10.7 Å². The molecule has 0 bridgehead atoms. The predicted molar refractivity (Wildman–Crippen MR) is 111 cm³/mol. The standard InChI is InChI=1S/C22H27N3O3/c1-15(16-8-12-19(28-5)13-9-16)24-25-20(26)14-23-21(27)17-6-10-18(11-7-17)22(2,3)4/h6-13H,14H2,1-5H3,(H,23,27)(H,25,26)/b24-15+. The Bertz CT molecular complexity index is 848. The number of hydrazone groups is 1. The highest BCUT2D eigenvalue weighted by Gasteiger charge is 2.14. The van der Waals surface area contributed by atoms with E-state index in [-0.39, 0.29) is 17.9 Å². The van der Waals surface area contributed by atoms with Gasteiger partial charge in [0, 0.05) is 5.56 Å². The van der Waals surface area contributed by atoms with Crippen molar-refractivity contribution < 1.29 is 14.3 Å². The molecule has 0 unspecified atom stereocenters. The van der Waals surface area contributed by atoms with E-state index >= 15 is 0 Å². The van der Waals surface area contributed by atoms with Crippen molar-refractivity contribution in [1.29, 1.82) is 0 Å². The highest BCUT2D eigenvalue weighted by atomic mass is 16.5. The monoisotopic (exact) mass is 381 g/mol. The molecule has 0 saturated heterocycles. The Morgan fingerprint density at radius 3 is 2.07 bits per heavy atom. The number of rotatable bonds is 6. The summed E-state index contributed by atoms with van der Waals surface area (Å²) >= 11 is 0. The fourth-order valence-electron chi connectivity index (χ4n) is 2.47. The number of nitrogens with zero attached hydrogens (tertiary/aromatic N) is 1. The largest absolute Gasteiger partial charge is 0.497 e. The Balaban J connectivity index is 1.86. The molecule has 148 valence electrons. The van der Waals surface area contributed by atoms with Gasteiger partial charge in [-0.1, -0.05) is 32.9 Å². The van der Waals surface area contributed by atoms with Crippen LogP contribution in [0.1, 0.15) is 49.2 Å². The van der Waals surface area contributed by atoms with Gasteiger partial charge in [-0.25, -0.2) is 5.43 Å². The average molecular weight is 381 g/mol. The Kier molecular flexibility index (Phi) is 6.93. The van der Waals surface area contributed by atoms with Gasteiger partial charge in [-0.05, 0) is 59.9 Å². The maximum Gasteiger partial charge on any atom is 0.259 e. The van der Waals surface area contributed by atoms with E-state index in [1.54, 1.807) is 26.2 Å². The minimum Gasteiger partial charge on any atom is -0.497 e. The molecular weight excluding hydrogens is 354 g/mol. The molecule has 0 saturated carbocycles. The summed E-state index contributed by atoms with van der Waals surface area (Å²) in [6, 6.07) is 14.7. The van der Waals surface area contributed by atoms with E-state index in [0.29, 0.717) is 11.3 Å². The molecule has 0 spiro atoms. The Labute approximate surface area is 166 Å². The van der Waals surface area contributed by atoms with Gasteiger partial charge in [-0.3, -0.25) is 9.59 Å². The van der Waals surface area contributed by atoms with Gasteiger partial charge in [0.05, 0.1) is 19.4 Å². The lowest BCUT2D eigenvalue weighted by atomic mass is 9.87. The second-order valence-electron chi connectivity index (χ2n) is 7.47. The van der Waals surface area contributed by atoms with Crippen LogP contribution in [-0.4, -0.2) is 31.2 Å². The van der Waals surface area contributed by atoms with E-state index in [1.807, 2.05) is 36.4 Å². The maximum atomic E-state index is 12.2. The van der Waals surface area contributed by atoms with Crippen LogP contribution in [0, 0.1) is 0 Å². The summed E-state index contributed by atoms with van der Waals surface area (Å²) < 4.78 is 5.11. The summed E-state index contributed by atoms with van der Waals surface area (Å²) in [4.78, 5) is 24.1. The van der Waals surface area contributed by atoms with Crippen molar-refractivity contribution in [3.63, 3.8) is 0 Å². The minimum atomic E-state index is -0.396. The molecule has 0 aliphatic carbocycles.